The summed E-state index contributed by atoms with van der Waals surface area (Å²) in [5, 5.41) is 11.9. The van der Waals surface area contributed by atoms with Gasteiger partial charge in [0.05, 0.1) is 0 Å². The number of aliphatic hydroxyl groups excluding tert-OH is 1. The van der Waals surface area contributed by atoms with Crippen LogP contribution in [0.5, 0.6) is 0 Å². The monoisotopic (exact) mass is 325 g/mol. The highest BCUT2D eigenvalue weighted by atomic mass is 16.3. The molecule has 5 nitrogen and oxygen atoms in total. The number of hydrogen-bond donors (Lipinski definition) is 2. The number of rotatable bonds is 6. The molecule has 0 bridgehead atoms. The first-order valence-corrected chi connectivity index (χ1v) is 9.57. The van der Waals surface area contributed by atoms with Crippen LogP contribution >= 0.6 is 0 Å². The van der Waals surface area contributed by atoms with Crippen molar-refractivity contribution in [2.45, 2.75) is 64.3 Å². The summed E-state index contributed by atoms with van der Waals surface area (Å²) in [4.78, 5) is 16.9. The van der Waals surface area contributed by atoms with Gasteiger partial charge in [-0.3, -0.25) is 0 Å². The molecule has 2 aliphatic rings. The highest BCUT2D eigenvalue weighted by molar-refractivity contribution is 5.74. The molecule has 5 heteroatoms. The number of nitrogens with one attached hydrogen (secondary N) is 1. The van der Waals surface area contributed by atoms with Crippen LogP contribution in [0.15, 0.2) is 0 Å². The summed E-state index contributed by atoms with van der Waals surface area (Å²) in [5.74, 6) is 0.877. The van der Waals surface area contributed by atoms with E-state index in [4.69, 9.17) is 5.11 Å². The van der Waals surface area contributed by atoms with E-state index in [1.165, 1.54) is 38.6 Å². The maximum Gasteiger partial charge on any atom is 0.317 e. The summed E-state index contributed by atoms with van der Waals surface area (Å²) in [6.07, 6.45) is 9.66. The standard InChI is InChI=1S/C18H35N3O2/c1-16(7-5-14-22)19-18(23)21-11-6-10-20(12-13-21)15-17-8-3-2-4-9-17/h16-17,22H,2-15H2,1H3,(H,19,23). The summed E-state index contributed by atoms with van der Waals surface area (Å²) >= 11 is 0. The summed E-state index contributed by atoms with van der Waals surface area (Å²) < 4.78 is 0. The van der Waals surface area contributed by atoms with Crippen molar-refractivity contribution in [2.24, 2.45) is 5.92 Å². The lowest BCUT2D eigenvalue weighted by atomic mass is 9.89. The molecule has 1 unspecified atom stereocenters. The molecule has 1 saturated carbocycles. The van der Waals surface area contributed by atoms with E-state index >= 15 is 0 Å². The number of carbonyl (C=O) groups excluding carboxylic acids is 1. The molecule has 134 valence electrons. The van der Waals surface area contributed by atoms with Gasteiger partial charge in [0.25, 0.3) is 0 Å². The Labute approximate surface area is 141 Å². The molecule has 0 aromatic heterocycles. The molecule has 2 rings (SSSR count). The minimum absolute atomic E-state index is 0.0648. The molecule has 2 fully saturated rings. The van der Waals surface area contributed by atoms with Crippen molar-refractivity contribution < 1.29 is 9.90 Å². The Bertz CT molecular complexity index is 345. The second-order valence-corrected chi connectivity index (χ2v) is 7.36. The SMILES string of the molecule is CC(CCCO)NC(=O)N1CCCN(CC2CCCCC2)CC1. The number of urea groups is 1. The molecule has 1 atom stereocenters. The zero-order valence-corrected chi connectivity index (χ0v) is 14.8. The smallest absolute Gasteiger partial charge is 0.317 e. The van der Waals surface area contributed by atoms with E-state index in [9.17, 15) is 4.79 Å². The van der Waals surface area contributed by atoms with E-state index in [0.717, 1.165) is 51.4 Å². The first-order valence-electron chi connectivity index (χ1n) is 9.57. The third-order valence-electron chi connectivity index (χ3n) is 5.28. The Kier molecular flexibility index (Phi) is 8.17. The predicted octanol–water partition coefficient (Wildman–Crippen LogP) is 2.45. The molecule has 0 aromatic rings. The van der Waals surface area contributed by atoms with Gasteiger partial charge >= 0.3 is 6.03 Å². The molecule has 1 heterocycles. The highest BCUT2D eigenvalue weighted by Gasteiger charge is 2.22. The fraction of sp³-hybridized carbons (Fsp3) is 0.944. The van der Waals surface area contributed by atoms with E-state index in [1.54, 1.807) is 0 Å². The maximum atomic E-state index is 12.4. The first-order chi connectivity index (χ1) is 11.2. The van der Waals surface area contributed by atoms with E-state index in [0.29, 0.717) is 0 Å². The molecule has 0 spiro atoms. The van der Waals surface area contributed by atoms with Crippen molar-refractivity contribution in [3.8, 4) is 0 Å². The van der Waals surface area contributed by atoms with Gasteiger partial charge in [-0.25, -0.2) is 4.79 Å². The Balaban J connectivity index is 1.70. The number of aliphatic hydroxyl groups is 1. The third-order valence-corrected chi connectivity index (χ3v) is 5.28. The van der Waals surface area contributed by atoms with Crippen LogP contribution < -0.4 is 5.32 Å². The van der Waals surface area contributed by atoms with Crippen LogP contribution in [-0.4, -0.2) is 66.3 Å². The average Bonchev–Trinajstić information content (AvgIpc) is 2.79. The molecule has 0 radical (unpaired) electrons. The van der Waals surface area contributed by atoms with Crippen molar-refractivity contribution >= 4 is 6.03 Å². The van der Waals surface area contributed by atoms with E-state index in [-0.39, 0.29) is 18.7 Å². The quantitative estimate of drug-likeness (QED) is 0.789. The molecule has 2 N–H and O–H groups in total. The lowest BCUT2D eigenvalue weighted by Gasteiger charge is -2.29. The van der Waals surface area contributed by atoms with Crippen LogP contribution in [0.2, 0.25) is 0 Å². The predicted molar refractivity (Wildman–Crippen MR) is 93.5 cm³/mol. The second kappa shape index (κ2) is 10.1. The van der Waals surface area contributed by atoms with Crippen LogP contribution in [0.25, 0.3) is 0 Å². The zero-order chi connectivity index (χ0) is 16.5. The fourth-order valence-corrected chi connectivity index (χ4v) is 3.86. The van der Waals surface area contributed by atoms with Crippen LogP contribution in [0, 0.1) is 5.92 Å². The van der Waals surface area contributed by atoms with E-state index < -0.39 is 0 Å². The van der Waals surface area contributed by atoms with Gasteiger partial charge < -0.3 is 20.2 Å². The third kappa shape index (κ3) is 6.68. The molecule has 1 aliphatic carbocycles. The fourth-order valence-electron chi connectivity index (χ4n) is 3.86. The molecule has 1 saturated heterocycles. The van der Waals surface area contributed by atoms with Crippen molar-refractivity contribution in [3.05, 3.63) is 0 Å². The largest absolute Gasteiger partial charge is 0.396 e. The zero-order valence-electron chi connectivity index (χ0n) is 14.8. The van der Waals surface area contributed by atoms with E-state index in [2.05, 4.69) is 10.2 Å². The van der Waals surface area contributed by atoms with Gasteiger partial charge in [-0.1, -0.05) is 19.3 Å². The van der Waals surface area contributed by atoms with Crippen molar-refractivity contribution in [3.63, 3.8) is 0 Å². The summed E-state index contributed by atoms with van der Waals surface area (Å²) in [7, 11) is 0. The summed E-state index contributed by atoms with van der Waals surface area (Å²) in [6, 6.07) is 0.200. The van der Waals surface area contributed by atoms with E-state index in [1.807, 2.05) is 11.8 Å². The Morgan fingerprint density at radius 2 is 1.91 bits per heavy atom. The van der Waals surface area contributed by atoms with Crippen LogP contribution in [0.1, 0.15) is 58.3 Å². The van der Waals surface area contributed by atoms with Gasteiger partial charge in [-0.15, -0.1) is 0 Å². The topological polar surface area (TPSA) is 55.8 Å². The number of amides is 2. The van der Waals surface area contributed by atoms with Crippen molar-refractivity contribution in [1.29, 1.82) is 0 Å². The Hall–Kier alpha value is -0.810. The highest BCUT2D eigenvalue weighted by Crippen LogP contribution is 2.24. The molecule has 23 heavy (non-hydrogen) atoms. The van der Waals surface area contributed by atoms with Crippen LogP contribution in [0.4, 0.5) is 4.79 Å². The lowest BCUT2D eigenvalue weighted by molar-refractivity contribution is 0.186. The van der Waals surface area contributed by atoms with Gasteiger partial charge in [0, 0.05) is 38.8 Å². The number of nitrogens with zero attached hydrogens (tertiary/aromatic N) is 2. The number of carbonyl (C=O) groups is 1. The molecular formula is C18H35N3O2. The Morgan fingerprint density at radius 3 is 2.65 bits per heavy atom. The molecule has 0 aromatic carbocycles. The van der Waals surface area contributed by atoms with Crippen LogP contribution in [0.3, 0.4) is 0 Å². The second-order valence-electron chi connectivity index (χ2n) is 7.36. The summed E-state index contributed by atoms with van der Waals surface area (Å²) in [6.45, 7) is 7.27. The van der Waals surface area contributed by atoms with Gasteiger partial charge in [0.2, 0.25) is 0 Å². The van der Waals surface area contributed by atoms with Crippen LogP contribution in [-0.2, 0) is 0 Å². The number of hydrogen-bond acceptors (Lipinski definition) is 3. The molecular weight excluding hydrogens is 290 g/mol. The first kappa shape index (κ1) is 18.5. The molecule has 2 amide bonds. The Morgan fingerprint density at radius 1 is 1.13 bits per heavy atom. The maximum absolute atomic E-state index is 12.4. The molecule has 1 aliphatic heterocycles. The average molecular weight is 325 g/mol. The minimum atomic E-state index is 0.0648. The van der Waals surface area contributed by atoms with Gasteiger partial charge in [0.15, 0.2) is 0 Å². The van der Waals surface area contributed by atoms with Gasteiger partial charge in [-0.2, -0.15) is 0 Å². The van der Waals surface area contributed by atoms with Crippen molar-refractivity contribution in [1.82, 2.24) is 15.1 Å². The minimum Gasteiger partial charge on any atom is -0.396 e. The van der Waals surface area contributed by atoms with Gasteiger partial charge in [-0.05, 0) is 51.5 Å². The lowest BCUT2D eigenvalue weighted by Crippen LogP contribution is -2.45. The van der Waals surface area contributed by atoms with Crippen molar-refractivity contribution in [2.75, 3.05) is 39.3 Å². The van der Waals surface area contributed by atoms with Gasteiger partial charge in [0.1, 0.15) is 0 Å². The normalized spacial score (nSPS) is 22.6. The summed E-state index contributed by atoms with van der Waals surface area (Å²) in [5.41, 5.74) is 0.